The summed E-state index contributed by atoms with van der Waals surface area (Å²) in [6.45, 7) is 4.37. The maximum atomic E-state index is 12.9. The number of fused-ring (bicyclic) bond motifs is 1. The summed E-state index contributed by atoms with van der Waals surface area (Å²) >= 11 is 0. The van der Waals surface area contributed by atoms with Crippen LogP contribution in [0.4, 0.5) is 11.4 Å². The molecule has 4 aromatic carbocycles. The standard InChI is InChI=1S/C29H26N2O3/c1-19-6-5-7-20(2)28(19)31-18-23(17-27(31)32)29(33)30-24-11-14-25(15-12-24)34-26-13-10-21-8-3-4-9-22(21)16-26/h3-16,23H,17-18H2,1-2H3,(H,30,33)/t23-/m1/s1. The lowest BCUT2D eigenvalue weighted by Gasteiger charge is -2.21. The zero-order valence-corrected chi connectivity index (χ0v) is 19.2. The van der Waals surface area contributed by atoms with Gasteiger partial charge >= 0.3 is 0 Å². The molecule has 1 atom stereocenters. The maximum absolute atomic E-state index is 12.9. The van der Waals surface area contributed by atoms with E-state index in [1.165, 1.54) is 0 Å². The lowest BCUT2D eigenvalue weighted by molar-refractivity contribution is -0.122. The molecule has 34 heavy (non-hydrogen) atoms. The fourth-order valence-corrected chi connectivity index (χ4v) is 4.55. The summed E-state index contributed by atoms with van der Waals surface area (Å²) in [5.74, 6) is 0.888. The summed E-state index contributed by atoms with van der Waals surface area (Å²) in [5, 5.41) is 5.22. The Balaban J connectivity index is 1.23. The van der Waals surface area contributed by atoms with Crippen molar-refractivity contribution >= 4 is 34.0 Å². The van der Waals surface area contributed by atoms with Gasteiger partial charge in [0.15, 0.2) is 0 Å². The number of anilines is 2. The lowest BCUT2D eigenvalue weighted by Crippen LogP contribution is -2.29. The quantitative estimate of drug-likeness (QED) is 0.391. The van der Waals surface area contributed by atoms with Crippen LogP contribution in [0.2, 0.25) is 0 Å². The first-order chi connectivity index (χ1) is 16.5. The van der Waals surface area contributed by atoms with Gasteiger partial charge in [-0.15, -0.1) is 0 Å². The van der Waals surface area contributed by atoms with Crippen molar-refractivity contribution in [3.8, 4) is 11.5 Å². The third kappa shape index (κ3) is 4.37. The Bertz CT molecular complexity index is 1360. The number of nitrogens with one attached hydrogen (secondary N) is 1. The predicted octanol–water partition coefficient (Wildman–Crippen LogP) is 6.24. The van der Waals surface area contributed by atoms with Gasteiger partial charge in [-0.2, -0.15) is 0 Å². The van der Waals surface area contributed by atoms with Crippen molar-refractivity contribution in [1.82, 2.24) is 0 Å². The Morgan fingerprint density at radius 3 is 2.26 bits per heavy atom. The van der Waals surface area contributed by atoms with E-state index in [9.17, 15) is 9.59 Å². The van der Waals surface area contributed by atoms with Crippen LogP contribution < -0.4 is 15.0 Å². The van der Waals surface area contributed by atoms with E-state index in [0.717, 1.165) is 33.3 Å². The van der Waals surface area contributed by atoms with Crippen LogP contribution in [0.1, 0.15) is 17.5 Å². The summed E-state index contributed by atoms with van der Waals surface area (Å²) < 4.78 is 5.98. The fourth-order valence-electron chi connectivity index (χ4n) is 4.55. The van der Waals surface area contributed by atoms with Crippen LogP contribution in [0.25, 0.3) is 10.8 Å². The largest absolute Gasteiger partial charge is 0.457 e. The van der Waals surface area contributed by atoms with E-state index in [0.29, 0.717) is 18.0 Å². The van der Waals surface area contributed by atoms with E-state index in [2.05, 4.69) is 17.4 Å². The van der Waals surface area contributed by atoms with Gasteiger partial charge in [0.1, 0.15) is 11.5 Å². The Labute approximate surface area is 199 Å². The van der Waals surface area contributed by atoms with Crippen molar-refractivity contribution in [1.29, 1.82) is 0 Å². The van der Waals surface area contributed by atoms with Crippen molar-refractivity contribution in [3.63, 3.8) is 0 Å². The minimum absolute atomic E-state index is 0.0170. The van der Waals surface area contributed by atoms with Gasteiger partial charge < -0.3 is 15.0 Å². The number of rotatable bonds is 5. The van der Waals surface area contributed by atoms with Crippen molar-refractivity contribution in [2.45, 2.75) is 20.3 Å². The minimum Gasteiger partial charge on any atom is -0.457 e. The summed E-state index contributed by atoms with van der Waals surface area (Å²) in [5.41, 5.74) is 3.67. The number of ether oxygens (including phenoxy) is 1. The molecule has 1 heterocycles. The molecule has 1 fully saturated rings. The number of para-hydroxylation sites is 1. The number of nitrogens with zero attached hydrogens (tertiary/aromatic N) is 1. The summed E-state index contributed by atoms with van der Waals surface area (Å²) in [7, 11) is 0. The molecule has 4 aromatic rings. The van der Waals surface area contributed by atoms with E-state index < -0.39 is 0 Å². The van der Waals surface area contributed by atoms with Crippen molar-refractivity contribution in [3.05, 3.63) is 96.1 Å². The van der Waals surface area contributed by atoms with Gasteiger partial charge in [-0.3, -0.25) is 9.59 Å². The second-order valence-corrected chi connectivity index (χ2v) is 8.77. The minimum atomic E-state index is -0.389. The lowest BCUT2D eigenvalue weighted by atomic mass is 10.1. The Morgan fingerprint density at radius 1 is 0.853 bits per heavy atom. The first-order valence-corrected chi connectivity index (χ1v) is 11.4. The predicted molar refractivity (Wildman–Crippen MR) is 135 cm³/mol. The van der Waals surface area contributed by atoms with Gasteiger partial charge in [-0.1, -0.05) is 48.5 Å². The Kier molecular flexibility index (Phi) is 5.76. The van der Waals surface area contributed by atoms with Crippen molar-refractivity contribution < 1.29 is 14.3 Å². The molecule has 0 saturated carbocycles. The van der Waals surface area contributed by atoms with E-state index >= 15 is 0 Å². The molecule has 1 N–H and O–H groups in total. The topological polar surface area (TPSA) is 58.6 Å². The zero-order valence-electron chi connectivity index (χ0n) is 19.2. The molecule has 0 unspecified atom stereocenters. The van der Waals surface area contributed by atoms with E-state index in [1.807, 2.05) is 86.6 Å². The summed E-state index contributed by atoms with van der Waals surface area (Å²) in [4.78, 5) is 27.3. The highest BCUT2D eigenvalue weighted by Gasteiger charge is 2.36. The second kappa shape index (κ2) is 9.02. The molecule has 5 nitrogen and oxygen atoms in total. The monoisotopic (exact) mass is 450 g/mol. The first-order valence-electron chi connectivity index (χ1n) is 11.4. The van der Waals surface area contributed by atoms with Gasteiger partial charge in [-0.25, -0.2) is 0 Å². The fraction of sp³-hybridized carbons (Fsp3) is 0.172. The van der Waals surface area contributed by atoms with E-state index in [1.54, 1.807) is 4.90 Å². The molecule has 0 radical (unpaired) electrons. The van der Waals surface area contributed by atoms with Gasteiger partial charge in [0, 0.05) is 24.3 Å². The average molecular weight is 451 g/mol. The SMILES string of the molecule is Cc1cccc(C)c1N1C[C@H](C(=O)Nc2ccc(Oc3ccc4ccccc4c3)cc2)CC1=O. The Morgan fingerprint density at radius 2 is 1.53 bits per heavy atom. The molecule has 0 aliphatic carbocycles. The summed E-state index contributed by atoms with van der Waals surface area (Å²) in [6.07, 6.45) is 0.211. The van der Waals surface area contributed by atoms with E-state index in [4.69, 9.17) is 4.74 Å². The molecular weight excluding hydrogens is 424 g/mol. The van der Waals surface area contributed by atoms with Crippen molar-refractivity contribution in [2.75, 3.05) is 16.8 Å². The highest BCUT2D eigenvalue weighted by atomic mass is 16.5. The molecular formula is C29H26N2O3. The third-order valence-electron chi connectivity index (χ3n) is 6.28. The van der Waals surface area contributed by atoms with Gasteiger partial charge in [0.25, 0.3) is 0 Å². The number of hydrogen-bond donors (Lipinski definition) is 1. The van der Waals surface area contributed by atoms with Crippen LogP contribution in [0, 0.1) is 19.8 Å². The molecule has 1 aliphatic heterocycles. The van der Waals surface area contributed by atoms with Crippen LogP contribution in [-0.4, -0.2) is 18.4 Å². The molecule has 2 amide bonds. The number of amides is 2. The zero-order chi connectivity index (χ0) is 23.7. The summed E-state index contributed by atoms with van der Waals surface area (Å²) in [6, 6.07) is 27.4. The van der Waals surface area contributed by atoms with Crippen LogP contribution in [0.5, 0.6) is 11.5 Å². The van der Waals surface area contributed by atoms with Crippen molar-refractivity contribution in [2.24, 2.45) is 5.92 Å². The normalized spacial score (nSPS) is 15.5. The number of benzene rings is 4. The molecule has 5 rings (SSSR count). The average Bonchev–Trinajstić information content (AvgIpc) is 3.21. The molecule has 1 aliphatic rings. The van der Waals surface area contributed by atoms with Crippen LogP contribution in [0.3, 0.4) is 0 Å². The maximum Gasteiger partial charge on any atom is 0.229 e. The number of aryl methyl sites for hydroxylation is 2. The second-order valence-electron chi connectivity index (χ2n) is 8.77. The van der Waals surface area contributed by atoms with Crippen LogP contribution in [-0.2, 0) is 9.59 Å². The molecule has 170 valence electrons. The van der Waals surface area contributed by atoms with Gasteiger partial charge in [0.2, 0.25) is 11.8 Å². The van der Waals surface area contributed by atoms with Gasteiger partial charge in [0.05, 0.1) is 5.92 Å². The number of hydrogen-bond acceptors (Lipinski definition) is 3. The molecule has 0 spiro atoms. The molecule has 1 saturated heterocycles. The van der Waals surface area contributed by atoms with Crippen LogP contribution in [0.15, 0.2) is 84.9 Å². The highest BCUT2D eigenvalue weighted by Crippen LogP contribution is 2.32. The van der Waals surface area contributed by atoms with Crippen LogP contribution >= 0.6 is 0 Å². The molecule has 0 aromatic heterocycles. The van der Waals surface area contributed by atoms with Gasteiger partial charge in [-0.05, 0) is 72.1 Å². The van der Waals surface area contributed by atoms with E-state index in [-0.39, 0.29) is 24.2 Å². The highest BCUT2D eigenvalue weighted by molar-refractivity contribution is 6.04. The molecule has 0 bridgehead atoms. The Hall–Kier alpha value is -4.12. The smallest absolute Gasteiger partial charge is 0.229 e. The number of carbonyl (C=O) groups excluding carboxylic acids is 2. The number of carbonyl (C=O) groups is 2. The third-order valence-corrected chi connectivity index (χ3v) is 6.28. The molecule has 5 heteroatoms. The first kappa shape index (κ1) is 21.7.